The molecular formula is C20H24N6O6S. The van der Waals surface area contributed by atoms with Crippen LogP contribution in [0.15, 0.2) is 39.0 Å². The number of aromatic nitrogens is 4. The monoisotopic (exact) mass is 476 g/mol. The van der Waals surface area contributed by atoms with Crippen LogP contribution in [-0.2, 0) is 40.2 Å². The third-order valence-corrected chi connectivity index (χ3v) is 7.52. The summed E-state index contributed by atoms with van der Waals surface area (Å²) >= 11 is 0. The van der Waals surface area contributed by atoms with Gasteiger partial charge in [-0.25, -0.2) is 18.2 Å². The average Bonchev–Trinajstić information content (AvgIpc) is 3.21. The Hall–Kier alpha value is -3.29. The van der Waals surface area contributed by atoms with Crippen molar-refractivity contribution < 1.29 is 17.9 Å². The first-order chi connectivity index (χ1) is 15.6. The first kappa shape index (κ1) is 22.9. The second kappa shape index (κ2) is 8.57. The molecule has 1 saturated heterocycles. The minimum Gasteiger partial charge on any atom is -0.379 e. The fourth-order valence-corrected chi connectivity index (χ4v) is 5.13. The SMILES string of the molecule is Cc1ccc(S(=O)(=O)N2CCOCC2)cc1NC(=O)Cn1cnc2c1c(=O)n(C)c(=O)n2C. The van der Waals surface area contributed by atoms with E-state index < -0.39 is 27.2 Å². The second-order valence-electron chi connectivity index (χ2n) is 7.79. The Morgan fingerprint density at radius 1 is 1.15 bits per heavy atom. The molecule has 2 aromatic heterocycles. The van der Waals surface area contributed by atoms with Gasteiger partial charge in [-0.2, -0.15) is 4.31 Å². The summed E-state index contributed by atoms with van der Waals surface area (Å²) in [5.74, 6) is -0.478. The molecule has 3 heterocycles. The second-order valence-corrected chi connectivity index (χ2v) is 9.73. The zero-order chi connectivity index (χ0) is 23.9. The standard InChI is InChI=1S/C20H24N6O6S/c1-13-4-5-14(33(30,31)26-6-8-32-9-7-26)10-15(13)22-16(27)11-25-12-21-18-17(25)19(28)24(3)20(29)23(18)2/h4-5,10,12H,6-9,11H2,1-3H3,(H,22,27). The van der Waals surface area contributed by atoms with Crippen molar-refractivity contribution in [2.45, 2.75) is 18.4 Å². The molecule has 1 amide bonds. The van der Waals surface area contributed by atoms with Crippen LogP contribution in [0.4, 0.5) is 5.69 Å². The van der Waals surface area contributed by atoms with Gasteiger partial charge in [0, 0.05) is 32.9 Å². The first-order valence-electron chi connectivity index (χ1n) is 10.2. The molecule has 1 aliphatic rings. The molecule has 176 valence electrons. The Morgan fingerprint density at radius 3 is 2.55 bits per heavy atom. The largest absolute Gasteiger partial charge is 0.379 e. The summed E-state index contributed by atoms with van der Waals surface area (Å²) in [5.41, 5.74) is 0.238. The van der Waals surface area contributed by atoms with Gasteiger partial charge in [-0.3, -0.25) is 18.7 Å². The molecule has 0 saturated carbocycles. The number of sulfonamides is 1. The highest BCUT2D eigenvalue weighted by Gasteiger charge is 2.27. The number of benzene rings is 1. The number of ether oxygens (including phenoxy) is 1. The normalized spacial score (nSPS) is 15.1. The smallest absolute Gasteiger partial charge is 0.332 e. The van der Waals surface area contributed by atoms with Crippen LogP contribution in [0.5, 0.6) is 0 Å². The Bertz CT molecular complexity index is 1460. The lowest BCUT2D eigenvalue weighted by Crippen LogP contribution is -2.40. The summed E-state index contributed by atoms with van der Waals surface area (Å²) in [6.45, 7) is 2.70. The summed E-state index contributed by atoms with van der Waals surface area (Å²) in [7, 11) is -0.881. The van der Waals surface area contributed by atoms with E-state index in [-0.39, 0.29) is 35.7 Å². The number of aryl methyl sites for hydroxylation is 2. The molecule has 12 nitrogen and oxygen atoms in total. The van der Waals surface area contributed by atoms with E-state index >= 15 is 0 Å². The molecule has 0 aliphatic carbocycles. The van der Waals surface area contributed by atoms with Gasteiger partial charge in [-0.15, -0.1) is 0 Å². The van der Waals surface area contributed by atoms with Gasteiger partial charge in [0.1, 0.15) is 6.54 Å². The number of nitrogens with zero attached hydrogens (tertiary/aromatic N) is 5. The summed E-state index contributed by atoms with van der Waals surface area (Å²) in [4.78, 5) is 41.6. The Kier molecular flexibility index (Phi) is 5.95. The van der Waals surface area contributed by atoms with Crippen molar-refractivity contribution in [1.82, 2.24) is 23.0 Å². The van der Waals surface area contributed by atoms with E-state index in [1.165, 1.54) is 46.0 Å². The van der Waals surface area contributed by atoms with Gasteiger partial charge in [0.15, 0.2) is 11.2 Å². The van der Waals surface area contributed by atoms with Gasteiger partial charge < -0.3 is 14.6 Å². The van der Waals surface area contributed by atoms with Crippen LogP contribution < -0.4 is 16.6 Å². The van der Waals surface area contributed by atoms with Gasteiger partial charge in [-0.05, 0) is 24.6 Å². The zero-order valence-electron chi connectivity index (χ0n) is 18.4. The van der Waals surface area contributed by atoms with Crippen molar-refractivity contribution in [1.29, 1.82) is 0 Å². The molecule has 1 aliphatic heterocycles. The summed E-state index contributed by atoms with van der Waals surface area (Å²) in [6, 6.07) is 4.55. The minimum atomic E-state index is -3.72. The number of fused-ring (bicyclic) bond motifs is 1. The number of morpholine rings is 1. The maximum absolute atomic E-state index is 12.9. The highest BCUT2D eigenvalue weighted by Crippen LogP contribution is 2.24. The van der Waals surface area contributed by atoms with Crippen LogP contribution >= 0.6 is 0 Å². The lowest BCUT2D eigenvalue weighted by atomic mass is 10.2. The number of carbonyl (C=O) groups excluding carboxylic acids is 1. The van der Waals surface area contributed by atoms with Gasteiger partial charge in [-0.1, -0.05) is 6.07 Å². The van der Waals surface area contributed by atoms with Gasteiger partial charge in [0.05, 0.1) is 24.4 Å². The molecule has 1 fully saturated rings. The van der Waals surface area contributed by atoms with Crippen LogP contribution in [0, 0.1) is 6.92 Å². The van der Waals surface area contributed by atoms with Crippen molar-refractivity contribution in [2.75, 3.05) is 31.6 Å². The van der Waals surface area contributed by atoms with E-state index in [4.69, 9.17) is 4.74 Å². The Morgan fingerprint density at radius 2 is 1.85 bits per heavy atom. The lowest BCUT2D eigenvalue weighted by Gasteiger charge is -2.26. The van der Waals surface area contributed by atoms with Crippen molar-refractivity contribution in [2.24, 2.45) is 14.1 Å². The molecule has 3 aromatic rings. The summed E-state index contributed by atoms with van der Waals surface area (Å²) in [5, 5.41) is 2.72. The third-order valence-electron chi connectivity index (χ3n) is 5.62. The molecule has 0 atom stereocenters. The molecular weight excluding hydrogens is 452 g/mol. The molecule has 1 aromatic carbocycles. The van der Waals surface area contributed by atoms with E-state index in [2.05, 4.69) is 10.3 Å². The minimum absolute atomic E-state index is 0.0715. The predicted octanol–water partition coefficient (Wildman–Crippen LogP) is -0.598. The zero-order valence-corrected chi connectivity index (χ0v) is 19.3. The van der Waals surface area contributed by atoms with Crippen LogP contribution in [0.25, 0.3) is 11.2 Å². The molecule has 33 heavy (non-hydrogen) atoms. The van der Waals surface area contributed by atoms with Crippen LogP contribution in [0.3, 0.4) is 0 Å². The van der Waals surface area contributed by atoms with Crippen molar-refractivity contribution in [3.8, 4) is 0 Å². The van der Waals surface area contributed by atoms with E-state index in [0.29, 0.717) is 24.5 Å². The fourth-order valence-electron chi connectivity index (χ4n) is 3.69. The topological polar surface area (TPSA) is 138 Å². The number of anilines is 1. The highest BCUT2D eigenvalue weighted by atomic mass is 32.2. The van der Waals surface area contributed by atoms with Crippen LogP contribution in [0.1, 0.15) is 5.56 Å². The van der Waals surface area contributed by atoms with Crippen LogP contribution in [0.2, 0.25) is 0 Å². The number of imidazole rings is 1. The first-order valence-corrected chi connectivity index (χ1v) is 11.6. The number of carbonyl (C=O) groups is 1. The maximum Gasteiger partial charge on any atom is 0.332 e. The summed E-state index contributed by atoms with van der Waals surface area (Å²) in [6.07, 6.45) is 1.32. The molecule has 0 unspecified atom stereocenters. The molecule has 13 heteroatoms. The van der Waals surface area contributed by atoms with Crippen molar-refractivity contribution in [3.63, 3.8) is 0 Å². The van der Waals surface area contributed by atoms with E-state index in [0.717, 1.165) is 4.57 Å². The Balaban J connectivity index is 1.60. The van der Waals surface area contributed by atoms with Gasteiger partial charge >= 0.3 is 5.69 Å². The van der Waals surface area contributed by atoms with Crippen LogP contribution in [-0.4, -0.2) is 63.6 Å². The van der Waals surface area contributed by atoms with Gasteiger partial charge in [0.2, 0.25) is 15.9 Å². The van der Waals surface area contributed by atoms with E-state index in [1.807, 2.05) is 0 Å². The van der Waals surface area contributed by atoms with Crippen molar-refractivity contribution >= 4 is 32.8 Å². The lowest BCUT2D eigenvalue weighted by molar-refractivity contribution is -0.116. The van der Waals surface area contributed by atoms with Crippen molar-refractivity contribution in [3.05, 3.63) is 50.9 Å². The van der Waals surface area contributed by atoms with E-state index in [9.17, 15) is 22.8 Å². The average molecular weight is 477 g/mol. The number of hydrogen-bond donors (Lipinski definition) is 1. The quantitative estimate of drug-likeness (QED) is 0.519. The number of rotatable bonds is 5. The molecule has 4 rings (SSSR count). The molecule has 0 spiro atoms. The molecule has 1 N–H and O–H groups in total. The third kappa shape index (κ3) is 4.10. The molecule has 0 bridgehead atoms. The molecule has 0 radical (unpaired) electrons. The maximum atomic E-state index is 12.9. The fraction of sp³-hybridized carbons (Fsp3) is 0.400. The number of amides is 1. The van der Waals surface area contributed by atoms with E-state index in [1.54, 1.807) is 13.0 Å². The predicted molar refractivity (Wildman–Crippen MR) is 120 cm³/mol. The Labute approximate surface area is 189 Å². The summed E-state index contributed by atoms with van der Waals surface area (Å²) < 4.78 is 36.0. The number of nitrogens with one attached hydrogen (secondary N) is 1. The number of hydrogen-bond acceptors (Lipinski definition) is 7. The highest BCUT2D eigenvalue weighted by molar-refractivity contribution is 7.89. The van der Waals surface area contributed by atoms with Gasteiger partial charge in [0.25, 0.3) is 5.56 Å².